The topological polar surface area (TPSA) is 94.0 Å². The van der Waals surface area contributed by atoms with Crippen molar-refractivity contribution in [3.05, 3.63) is 65.9 Å². The Bertz CT molecular complexity index is 1080. The summed E-state index contributed by atoms with van der Waals surface area (Å²) in [6.07, 6.45) is 9.43. The lowest BCUT2D eigenvalue weighted by atomic mass is 9.90. The van der Waals surface area contributed by atoms with Crippen molar-refractivity contribution in [1.29, 1.82) is 5.41 Å². The van der Waals surface area contributed by atoms with Crippen LogP contribution in [0.1, 0.15) is 43.2 Å². The molecule has 2 aromatic carbocycles. The Labute approximate surface area is 195 Å². The second kappa shape index (κ2) is 10.6. The lowest BCUT2D eigenvalue weighted by molar-refractivity contribution is -0.119. The number of rotatable bonds is 9. The Morgan fingerprint density at radius 2 is 1.79 bits per heavy atom. The van der Waals surface area contributed by atoms with Gasteiger partial charge in [0.05, 0.1) is 12.3 Å². The summed E-state index contributed by atoms with van der Waals surface area (Å²) in [5.74, 6) is 1.52. The van der Waals surface area contributed by atoms with E-state index in [1.807, 2.05) is 66.3 Å². The van der Waals surface area contributed by atoms with E-state index < -0.39 is 6.10 Å². The quantitative estimate of drug-likeness (QED) is 0.283. The van der Waals surface area contributed by atoms with E-state index in [1.54, 1.807) is 0 Å². The van der Waals surface area contributed by atoms with E-state index in [0.29, 0.717) is 24.5 Å². The number of carbonyl (C=O) groups is 1. The van der Waals surface area contributed by atoms with Gasteiger partial charge in [-0.2, -0.15) is 0 Å². The van der Waals surface area contributed by atoms with Crippen LogP contribution in [-0.2, 0) is 23.0 Å². The Hall–Kier alpha value is -3.25. The number of nitrogens with zero attached hydrogens (tertiary/aromatic N) is 2. The summed E-state index contributed by atoms with van der Waals surface area (Å²) >= 11 is 0. The van der Waals surface area contributed by atoms with Crippen molar-refractivity contribution in [3.8, 4) is 22.6 Å². The molecule has 0 spiro atoms. The number of aromatic nitrogens is 2. The molecule has 6 nitrogen and oxygen atoms in total. The minimum atomic E-state index is -0.393. The second-order valence-corrected chi connectivity index (χ2v) is 8.96. The number of hydrogen-bond acceptors (Lipinski definition) is 4. The number of hydrogen-bond donors (Lipinski definition) is 2. The molecule has 1 heterocycles. The van der Waals surface area contributed by atoms with Gasteiger partial charge in [0.25, 0.3) is 0 Å². The largest absolute Gasteiger partial charge is 0.384 e. The van der Waals surface area contributed by atoms with Crippen LogP contribution in [-0.4, -0.2) is 34.4 Å². The average molecular weight is 445 g/mol. The minimum absolute atomic E-state index is 0.0551. The molecule has 0 bridgehead atoms. The van der Waals surface area contributed by atoms with Crippen LogP contribution in [0.25, 0.3) is 22.6 Å². The molecule has 172 valence electrons. The highest BCUT2D eigenvalue weighted by molar-refractivity contribution is 5.95. The number of nitrogen functional groups attached to an aromatic ring is 1. The summed E-state index contributed by atoms with van der Waals surface area (Å²) in [7, 11) is 1.98. The number of nitrogens with two attached hydrogens (primary N) is 1. The van der Waals surface area contributed by atoms with Gasteiger partial charge in [0.2, 0.25) is 0 Å². The first-order valence-corrected chi connectivity index (χ1v) is 11.7. The van der Waals surface area contributed by atoms with Gasteiger partial charge in [-0.1, -0.05) is 67.8 Å². The first-order valence-electron chi connectivity index (χ1n) is 11.7. The summed E-state index contributed by atoms with van der Waals surface area (Å²) < 4.78 is 7.94. The van der Waals surface area contributed by atoms with E-state index in [0.717, 1.165) is 34.5 Å². The predicted octanol–water partition coefficient (Wildman–Crippen LogP) is 4.75. The van der Waals surface area contributed by atoms with E-state index in [1.165, 1.54) is 32.1 Å². The molecule has 33 heavy (non-hydrogen) atoms. The van der Waals surface area contributed by atoms with Crippen molar-refractivity contribution in [3.63, 3.8) is 0 Å². The van der Waals surface area contributed by atoms with Crippen molar-refractivity contribution in [2.24, 2.45) is 18.7 Å². The van der Waals surface area contributed by atoms with Crippen LogP contribution >= 0.6 is 0 Å². The smallest absolute Gasteiger partial charge is 0.149 e. The maximum atomic E-state index is 11.6. The van der Waals surface area contributed by atoms with E-state index >= 15 is 0 Å². The molecule has 1 aliphatic carbocycles. The van der Waals surface area contributed by atoms with Gasteiger partial charge in [0.15, 0.2) is 0 Å². The number of imidazole rings is 1. The van der Waals surface area contributed by atoms with Gasteiger partial charge in [0.1, 0.15) is 24.1 Å². The van der Waals surface area contributed by atoms with Gasteiger partial charge in [0, 0.05) is 36.4 Å². The monoisotopic (exact) mass is 444 g/mol. The normalized spacial score (nSPS) is 15.3. The third-order valence-electron chi connectivity index (χ3n) is 6.44. The third-order valence-corrected chi connectivity index (χ3v) is 6.44. The Balaban J connectivity index is 1.41. The van der Waals surface area contributed by atoms with Crippen LogP contribution in [0.2, 0.25) is 0 Å². The van der Waals surface area contributed by atoms with Gasteiger partial charge in [-0.3, -0.25) is 5.41 Å². The first kappa shape index (κ1) is 22.9. The van der Waals surface area contributed by atoms with Crippen LogP contribution in [0.3, 0.4) is 0 Å². The number of aldehydes is 1. The van der Waals surface area contributed by atoms with Crippen LogP contribution in [0.4, 0.5) is 0 Å². The fraction of sp³-hybridized carbons (Fsp3) is 0.370. The number of aryl methyl sites for hydroxylation is 1. The van der Waals surface area contributed by atoms with Crippen molar-refractivity contribution in [2.45, 2.75) is 44.6 Å². The molecular formula is C27H32N4O2. The molecule has 1 aliphatic rings. The second-order valence-electron chi connectivity index (χ2n) is 8.96. The molecule has 0 amide bonds. The highest BCUT2D eigenvalue weighted by atomic mass is 16.5. The minimum Gasteiger partial charge on any atom is -0.384 e. The Morgan fingerprint density at radius 1 is 1.12 bits per heavy atom. The summed E-state index contributed by atoms with van der Waals surface area (Å²) in [5.41, 5.74) is 10.2. The molecule has 3 aromatic rings. The maximum Gasteiger partial charge on any atom is 0.149 e. The number of ether oxygens (including phenoxy) is 1. The maximum absolute atomic E-state index is 11.6. The van der Waals surface area contributed by atoms with Gasteiger partial charge >= 0.3 is 0 Å². The van der Waals surface area contributed by atoms with Gasteiger partial charge in [-0.25, -0.2) is 4.98 Å². The lowest BCUT2D eigenvalue weighted by Gasteiger charge is -2.23. The third kappa shape index (κ3) is 5.76. The van der Waals surface area contributed by atoms with E-state index in [2.05, 4.69) is 0 Å². The summed E-state index contributed by atoms with van der Waals surface area (Å²) in [6, 6.07) is 15.7. The summed E-state index contributed by atoms with van der Waals surface area (Å²) in [5, 5.41) is 7.53. The predicted molar refractivity (Wildman–Crippen MR) is 131 cm³/mol. The highest BCUT2D eigenvalue weighted by Gasteiger charge is 2.17. The summed E-state index contributed by atoms with van der Waals surface area (Å²) in [6.45, 7) is 0.685. The molecule has 0 aliphatic heterocycles. The highest BCUT2D eigenvalue weighted by Crippen LogP contribution is 2.26. The van der Waals surface area contributed by atoms with Crippen molar-refractivity contribution in [2.75, 3.05) is 6.61 Å². The molecule has 3 N–H and O–H groups in total. The Kier molecular flexibility index (Phi) is 7.35. The standard InChI is InChI=1S/C27H32N4O2/c1-31-16-25(21-11-13-22(14-12-21)26(28)29)30-27(31)23-9-7-19(8-10-23)15-24(17-32)33-18-20-5-3-2-4-6-20/h7-14,16-17,20,24H,2-6,15,18H2,1H3,(H3,28,29). The fourth-order valence-electron chi connectivity index (χ4n) is 4.48. The molecule has 1 fully saturated rings. The van der Waals surface area contributed by atoms with Crippen LogP contribution in [0.5, 0.6) is 0 Å². The fourth-order valence-corrected chi connectivity index (χ4v) is 4.48. The van der Waals surface area contributed by atoms with Gasteiger partial charge < -0.3 is 19.8 Å². The molecule has 1 aromatic heterocycles. The number of nitrogens with one attached hydrogen (secondary N) is 1. The molecule has 1 saturated carbocycles. The van der Waals surface area contributed by atoms with E-state index in [9.17, 15) is 4.79 Å². The SMILES string of the molecule is Cn1cc(-c2ccc(C(=N)N)cc2)nc1-c1ccc(CC(C=O)OCC2CCCCC2)cc1. The average Bonchev–Trinajstić information content (AvgIpc) is 3.24. The van der Waals surface area contributed by atoms with Crippen molar-refractivity contribution in [1.82, 2.24) is 9.55 Å². The molecule has 4 rings (SSSR count). The zero-order chi connectivity index (χ0) is 23.2. The van der Waals surface area contributed by atoms with Gasteiger partial charge in [-0.05, 0) is 24.3 Å². The molecule has 1 atom stereocenters. The number of carbonyl (C=O) groups excluding carboxylic acids is 1. The molecule has 0 saturated heterocycles. The molecule has 0 radical (unpaired) electrons. The van der Waals surface area contributed by atoms with Gasteiger partial charge in [-0.15, -0.1) is 0 Å². The number of amidine groups is 1. The zero-order valence-corrected chi connectivity index (χ0v) is 19.2. The van der Waals surface area contributed by atoms with E-state index in [4.69, 9.17) is 20.9 Å². The van der Waals surface area contributed by atoms with Crippen LogP contribution in [0, 0.1) is 11.3 Å². The summed E-state index contributed by atoms with van der Waals surface area (Å²) in [4.78, 5) is 16.4. The molecular weight excluding hydrogens is 412 g/mol. The van der Waals surface area contributed by atoms with E-state index in [-0.39, 0.29) is 5.84 Å². The van der Waals surface area contributed by atoms with Crippen molar-refractivity contribution >= 4 is 12.1 Å². The van der Waals surface area contributed by atoms with Crippen molar-refractivity contribution < 1.29 is 9.53 Å². The number of benzene rings is 2. The zero-order valence-electron chi connectivity index (χ0n) is 19.2. The Morgan fingerprint density at radius 3 is 2.42 bits per heavy atom. The molecule has 1 unspecified atom stereocenters. The first-order chi connectivity index (χ1) is 16.0. The van der Waals surface area contributed by atoms with Crippen LogP contribution in [0.15, 0.2) is 54.7 Å². The molecule has 6 heteroatoms. The van der Waals surface area contributed by atoms with Crippen LogP contribution < -0.4 is 5.73 Å². The lowest BCUT2D eigenvalue weighted by Crippen LogP contribution is -2.23.